The van der Waals surface area contributed by atoms with Gasteiger partial charge in [-0.2, -0.15) is 0 Å². The van der Waals surface area contributed by atoms with E-state index in [1.807, 2.05) is 0 Å². The monoisotopic (exact) mass is 325 g/mol. The Morgan fingerprint density at radius 1 is 1.29 bits per heavy atom. The van der Waals surface area contributed by atoms with Crippen LogP contribution in [0.4, 0.5) is 0 Å². The highest BCUT2D eigenvalue weighted by atomic mass is 16.5. The zero-order valence-electron chi connectivity index (χ0n) is 13.8. The summed E-state index contributed by atoms with van der Waals surface area (Å²) < 4.78 is 5.13. The van der Waals surface area contributed by atoms with Gasteiger partial charge < -0.3 is 15.2 Å². The van der Waals surface area contributed by atoms with E-state index >= 15 is 0 Å². The minimum absolute atomic E-state index is 0.109. The van der Waals surface area contributed by atoms with Gasteiger partial charge in [-0.3, -0.25) is 0 Å². The number of allylic oxidation sites excluding steroid dienone is 2. The maximum absolute atomic E-state index is 12.4. The summed E-state index contributed by atoms with van der Waals surface area (Å²) in [7, 11) is 0. The third-order valence-electron chi connectivity index (χ3n) is 3.87. The van der Waals surface area contributed by atoms with Crippen LogP contribution in [0.1, 0.15) is 37.8 Å². The number of nitrogens with one attached hydrogen (secondary N) is 1. The Bertz CT molecular complexity index is 796. The van der Waals surface area contributed by atoms with Crippen LogP contribution in [0.15, 0.2) is 46.8 Å². The van der Waals surface area contributed by atoms with Gasteiger partial charge in [0.05, 0.1) is 23.7 Å². The first-order valence-electron chi connectivity index (χ1n) is 7.56. The highest BCUT2D eigenvalue weighted by Gasteiger charge is 2.37. The molecule has 0 fully saturated rings. The number of hydrogen-bond acceptors (Lipinski definition) is 4. The number of benzene rings is 1. The molecule has 0 aromatic heterocycles. The molecule has 0 radical (unpaired) electrons. The normalized spacial score (nSPS) is 17.2. The minimum Gasteiger partial charge on any atom is -0.478 e. The fourth-order valence-electron chi connectivity index (χ4n) is 2.90. The second-order valence-electron chi connectivity index (χ2n) is 5.43. The van der Waals surface area contributed by atoms with Gasteiger partial charge in [0, 0.05) is 17.0 Å². The van der Waals surface area contributed by atoms with Gasteiger partial charge in [0.15, 0.2) is 0 Å². The van der Waals surface area contributed by atoms with E-state index < -0.39 is 17.9 Å². The van der Waals surface area contributed by atoms with E-state index in [0.29, 0.717) is 22.5 Å². The summed E-state index contributed by atoms with van der Waals surface area (Å²) in [6.45, 7) is 5.31. The number of carbonyl (C=O) groups excluding carboxylic acids is 1. The van der Waals surface area contributed by atoms with Gasteiger partial charge in [-0.15, -0.1) is 6.42 Å². The third-order valence-corrected chi connectivity index (χ3v) is 3.87. The summed E-state index contributed by atoms with van der Waals surface area (Å²) in [5.41, 5.74) is 2.73. The van der Waals surface area contributed by atoms with Gasteiger partial charge in [-0.05, 0) is 38.5 Å². The summed E-state index contributed by atoms with van der Waals surface area (Å²) in [4.78, 5) is 24.3. The van der Waals surface area contributed by atoms with Crippen LogP contribution in [0.5, 0.6) is 0 Å². The van der Waals surface area contributed by atoms with E-state index in [1.165, 1.54) is 0 Å². The second kappa shape index (κ2) is 7.05. The molecule has 1 atom stereocenters. The first kappa shape index (κ1) is 17.4. The van der Waals surface area contributed by atoms with Crippen molar-refractivity contribution in [1.29, 1.82) is 0 Å². The average molecular weight is 325 g/mol. The van der Waals surface area contributed by atoms with E-state index in [2.05, 4.69) is 11.2 Å². The molecule has 0 saturated carbocycles. The summed E-state index contributed by atoms with van der Waals surface area (Å²) in [6.07, 6.45) is 5.45. The Labute approximate surface area is 141 Å². The van der Waals surface area contributed by atoms with Crippen molar-refractivity contribution < 1.29 is 19.4 Å². The molecule has 2 N–H and O–H groups in total. The van der Waals surface area contributed by atoms with Crippen LogP contribution in [0.2, 0.25) is 0 Å². The maximum atomic E-state index is 12.4. The van der Waals surface area contributed by atoms with Crippen molar-refractivity contribution in [3.05, 3.63) is 57.9 Å². The molecule has 0 bridgehead atoms. The summed E-state index contributed by atoms with van der Waals surface area (Å²) in [5, 5.41) is 12.6. The highest BCUT2D eigenvalue weighted by Crippen LogP contribution is 2.38. The lowest BCUT2D eigenvalue weighted by molar-refractivity contribution is -0.138. The molecule has 1 heterocycles. The fraction of sp³-hybridized carbons (Fsp3) is 0.263. The molecule has 5 nitrogen and oxygen atoms in total. The molecule has 1 unspecified atom stereocenters. The number of dihydropyridines is 1. The molecule has 0 amide bonds. The van der Waals surface area contributed by atoms with E-state index in [-0.39, 0.29) is 17.8 Å². The van der Waals surface area contributed by atoms with Crippen molar-refractivity contribution in [1.82, 2.24) is 5.32 Å². The van der Waals surface area contributed by atoms with Crippen molar-refractivity contribution in [2.45, 2.75) is 26.7 Å². The Hall–Kier alpha value is -3.00. The summed E-state index contributed by atoms with van der Waals surface area (Å²) >= 11 is 0. The van der Waals surface area contributed by atoms with Crippen molar-refractivity contribution in [3.63, 3.8) is 0 Å². The van der Waals surface area contributed by atoms with Crippen molar-refractivity contribution >= 4 is 11.9 Å². The number of hydrogen-bond donors (Lipinski definition) is 2. The van der Waals surface area contributed by atoms with Gasteiger partial charge in [0.1, 0.15) is 0 Å². The van der Waals surface area contributed by atoms with Gasteiger partial charge in [-0.1, -0.05) is 18.1 Å². The SMILES string of the molecule is C#Cc1cccc(C2C(C(=O)O)=C(C)NC(C)=C2C(=O)OCC)c1. The quantitative estimate of drug-likeness (QED) is 0.657. The lowest BCUT2D eigenvalue weighted by Crippen LogP contribution is -2.31. The molecule has 1 aliphatic heterocycles. The van der Waals surface area contributed by atoms with Crippen LogP contribution in [-0.2, 0) is 14.3 Å². The fourth-order valence-corrected chi connectivity index (χ4v) is 2.90. The van der Waals surface area contributed by atoms with E-state index in [4.69, 9.17) is 11.2 Å². The van der Waals surface area contributed by atoms with Crippen LogP contribution in [-0.4, -0.2) is 23.7 Å². The number of terminal acetylenes is 1. The number of ether oxygens (including phenoxy) is 1. The first-order valence-corrected chi connectivity index (χ1v) is 7.56. The van der Waals surface area contributed by atoms with E-state index in [9.17, 15) is 14.7 Å². The van der Waals surface area contributed by atoms with Crippen LogP contribution in [0, 0.1) is 12.3 Å². The molecule has 24 heavy (non-hydrogen) atoms. The van der Waals surface area contributed by atoms with Gasteiger partial charge in [0.25, 0.3) is 0 Å². The Morgan fingerprint density at radius 2 is 1.96 bits per heavy atom. The number of carboxylic acids is 1. The zero-order chi connectivity index (χ0) is 17.9. The van der Waals surface area contributed by atoms with E-state index in [1.54, 1.807) is 45.0 Å². The Balaban J connectivity index is 2.68. The summed E-state index contributed by atoms with van der Waals surface area (Å²) in [5.74, 6) is 0.162. The molecular weight excluding hydrogens is 306 g/mol. The van der Waals surface area contributed by atoms with Gasteiger partial charge in [0.2, 0.25) is 0 Å². The lowest BCUT2D eigenvalue weighted by atomic mass is 9.80. The predicted octanol–water partition coefficient (Wildman–Crippen LogP) is 2.55. The number of carbonyl (C=O) groups is 2. The highest BCUT2D eigenvalue weighted by molar-refractivity contribution is 5.99. The van der Waals surface area contributed by atoms with Crippen molar-refractivity contribution in [3.8, 4) is 12.3 Å². The molecule has 1 aromatic rings. The molecule has 124 valence electrons. The van der Waals surface area contributed by atoms with Gasteiger partial charge in [-0.25, -0.2) is 9.59 Å². The third kappa shape index (κ3) is 3.18. The molecule has 0 spiro atoms. The van der Waals surface area contributed by atoms with Crippen molar-refractivity contribution in [2.75, 3.05) is 6.61 Å². The molecule has 0 saturated heterocycles. The first-order chi connectivity index (χ1) is 11.4. The predicted molar refractivity (Wildman–Crippen MR) is 89.9 cm³/mol. The second-order valence-corrected chi connectivity index (χ2v) is 5.43. The largest absolute Gasteiger partial charge is 0.478 e. The Morgan fingerprint density at radius 3 is 2.54 bits per heavy atom. The lowest BCUT2D eigenvalue weighted by Gasteiger charge is -2.29. The molecule has 5 heteroatoms. The maximum Gasteiger partial charge on any atom is 0.336 e. The average Bonchev–Trinajstić information content (AvgIpc) is 2.53. The molecule has 2 rings (SSSR count). The smallest absolute Gasteiger partial charge is 0.336 e. The number of aliphatic carboxylic acids is 1. The molecular formula is C19H19NO4. The molecule has 1 aromatic carbocycles. The minimum atomic E-state index is -1.09. The summed E-state index contributed by atoms with van der Waals surface area (Å²) in [6, 6.07) is 6.99. The Kier molecular flexibility index (Phi) is 5.10. The zero-order valence-corrected chi connectivity index (χ0v) is 13.8. The van der Waals surface area contributed by atoms with Crippen molar-refractivity contribution in [2.24, 2.45) is 0 Å². The van der Waals surface area contributed by atoms with Gasteiger partial charge >= 0.3 is 11.9 Å². The topological polar surface area (TPSA) is 75.6 Å². The number of carboxylic acid groups (broad SMARTS) is 1. The van der Waals surface area contributed by atoms with Crippen LogP contribution in [0.3, 0.4) is 0 Å². The van der Waals surface area contributed by atoms with E-state index in [0.717, 1.165) is 0 Å². The number of esters is 1. The molecule has 0 aliphatic carbocycles. The van der Waals surface area contributed by atoms with Crippen LogP contribution in [0.25, 0.3) is 0 Å². The van der Waals surface area contributed by atoms with Crippen LogP contribution >= 0.6 is 0 Å². The standard InChI is InChI=1S/C19H19NO4/c1-5-13-8-7-9-14(10-13)17-15(18(21)22)11(3)20-12(4)16(17)19(23)24-6-2/h1,7-10,17,20H,6H2,2-4H3,(H,21,22). The molecule has 1 aliphatic rings. The number of rotatable bonds is 4. The van der Waals surface area contributed by atoms with Crippen LogP contribution < -0.4 is 5.32 Å².